The van der Waals surface area contributed by atoms with Crippen LogP contribution in [-0.4, -0.2) is 112 Å². The number of ether oxygens (including phenoxy) is 3. The number of rotatable bonds is 21. The number of piperidine rings is 1. The summed E-state index contributed by atoms with van der Waals surface area (Å²) >= 11 is 2.68. The Bertz CT molecular complexity index is 2570. The van der Waals surface area contributed by atoms with Crippen molar-refractivity contribution in [2.24, 2.45) is 0 Å². The molecule has 0 spiro atoms. The molecule has 5 atom stereocenters. The highest BCUT2D eigenvalue weighted by Gasteiger charge is 2.72. The first-order chi connectivity index (χ1) is 32.0. The van der Waals surface area contributed by atoms with Crippen LogP contribution in [0.4, 0.5) is 0 Å². The fraction of sp³-hybridized carbons (Fsp3) is 0.404. The van der Waals surface area contributed by atoms with Gasteiger partial charge in [-0.05, 0) is 71.1 Å². The van der Waals surface area contributed by atoms with E-state index in [2.05, 4.69) is 29.1 Å². The average molecular weight is 932 g/mol. The largest absolute Gasteiger partial charge is 0.487 e. The molecule has 66 heavy (non-hydrogen) atoms. The number of pyridine rings is 1. The normalized spacial score (nSPS) is 22.5. The summed E-state index contributed by atoms with van der Waals surface area (Å²) in [4.78, 5) is 47.9. The highest BCUT2D eigenvalue weighted by molar-refractivity contribution is 7.12. The number of nitrogens with one attached hydrogen (secondary N) is 1. The van der Waals surface area contributed by atoms with Crippen molar-refractivity contribution in [1.82, 2.24) is 14.8 Å². The van der Waals surface area contributed by atoms with E-state index in [1.807, 2.05) is 95.5 Å². The van der Waals surface area contributed by atoms with Gasteiger partial charge in [0.15, 0.2) is 0 Å². The number of aliphatic hydroxyl groups is 2. The van der Waals surface area contributed by atoms with Crippen molar-refractivity contribution in [3.8, 4) is 5.75 Å². The third kappa shape index (κ3) is 9.77. The lowest BCUT2D eigenvalue weighted by Gasteiger charge is -2.48. The number of esters is 1. The molecule has 3 N–H and O–H groups in total. The number of likely N-dealkylation sites (N-methyl/N-ethyl adjacent to an activating group) is 2. The van der Waals surface area contributed by atoms with Crippen LogP contribution >= 0.6 is 22.7 Å². The zero-order chi connectivity index (χ0) is 45.8. The molecule has 4 unspecified atom stereocenters. The number of hydrogen-bond acceptors (Lipinski definition) is 11. The van der Waals surface area contributed by atoms with Crippen LogP contribution in [-0.2, 0) is 37.8 Å². The summed E-state index contributed by atoms with van der Waals surface area (Å²) < 4.78 is 19.2. The van der Waals surface area contributed by atoms with E-state index in [0.717, 1.165) is 53.3 Å². The van der Waals surface area contributed by atoms with Gasteiger partial charge in [-0.1, -0.05) is 85.3 Å². The zero-order valence-electron chi connectivity index (χ0n) is 37.5. The maximum Gasteiger partial charge on any atom is 0.349 e. The lowest BCUT2D eigenvalue weighted by Crippen LogP contribution is -2.64. The molecule has 6 aromatic rings. The minimum atomic E-state index is -1.84. The number of unbranched alkanes of at least 4 members (excludes halogenated alkanes) is 2. The molecule has 0 saturated carbocycles. The van der Waals surface area contributed by atoms with E-state index in [4.69, 9.17) is 14.2 Å². The van der Waals surface area contributed by atoms with Crippen LogP contribution in [0.2, 0.25) is 0 Å². The number of nitrogens with zero attached hydrogens (tertiary/aromatic N) is 3. The zero-order valence-corrected chi connectivity index (χ0v) is 39.1. The second kappa shape index (κ2) is 20.0. The van der Waals surface area contributed by atoms with Gasteiger partial charge in [-0.25, -0.2) is 4.79 Å². The number of epoxide rings is 1. The van der Waals surface area contributed by atoms with E-state index in [0.29, 0.717) is 72.1 Å². The maximum atomic E-state index is 13.8. The molecule has 3 aliphatic heterocycles. The summed E-state index contributed by atoms with van der Waals surface area (Å²) in [5, 5.41) is 28.0. The number of fused-ring (bicyclic) bond motifs is 6. The molecule has 6 heterocycles. The van der Waals surface area contributed by atoms with Crippen LogP contribution < -0.4 is 10.3 Å². The number of amides is 1. The first-order valence-electron chi connectivity index (χ1n) is 23.0. The molecule has 12 nitrogen and oxygen atoms in total. The number of aromatic nitrogens is 1. The van der Waals surface area contributed by atoms with Gasteiger partial charge in [0.1, 0.15) is 42.8 Å². The highest BCUT2D eigenvalue weighted by Crippen LogP contribution is 2.53. The number of hydrogen-bond donors (Lipinski definition) is 3. The van der Waals surface area contributed by atoms with Crippen molar-refractivity contribution in [2.45, 2.75) is 93.8 Å². The standard InChI is InChI=1S/C52H58N4O8S2/c1-54(26-27-56(2)40-30-37(31-41(56)50-49(40)64-50)63-51(60)52(61,44-18-12-28-65-44)45-19-13-29-66-45)47(59)20-10-5-11-25-55(32-35-14-6-3-7-15-35)33-42(57)38-21-23-43(48-39(38)22-24-46(58)53-48)62-34-36-16-8-4-9-17-36/h3-4,6-9,12-19,21-24,28-29,37,40-42,49-50,57,61H,5,10-11,20,25-27,30-34H2,1-2H3/p+1/t37?,40?,41?,42-,49?,50?,56?/m0/s1. The van der Waals surface area contributed by atoms with E-state index >= 15 is 0 Å². The second-order valence-electron chi connectivity index (χ2n) is 18.3. The predicted octanol–water partition coefficient (Wildman–Crippen LogP) is 7.39. The van der Waals surface area contributed by atoms with Gasteiger partial charge in [0.05, 0.1) is 41.5 Å². The quantitative estimate of drug-likeness (QED) is 0.0291. The van der Waals surface area contributed by atoms with Crippen LogP contribution in [0.3, 0.4) is 0 Å². The first kappa shape index (κ1) is 45.9. The molecule has 0 radical (unpaired) electrons. The van der Waals surface area contributed by atoms with Gasteiger partial charge in [0.2, 0.25) is 17.1 Å². The molecule has 346 valence electrons. The van der Waals surface area contributed by atoms with Crippen molar-refractivity contribution in [1.29, 1.82) is 0 Å². The van der Waals surface area contributed by atoms with E-state index in [1.165, 1.54) is 28.7 Å². The van der Waals surface area contributed by atoms with Gasteiger partial charge < -0.3 is 38.8 Å². The molecule has 14 heteroatoms. The number of carbonyl (C=O) groups is 2. The molecule has 2 bridgehead atoms. The highest BCUT2D eigenvalue weighted by atomic mass is 32.1. The van der Waals surface area contributed by atoms with Crippen molar-refractivity contribution < 1.29 is 38.5 Å². The van der Waals surface area contributed by atoms with Crippen molar-refractivity contribution >= 4 is 45.5 Å². The van der Waals surface area contributed by atoms with Gasteiger partial charge in [-0.15, -0.1) is 22.7 Å². The number of aromatic amines is 1. The fourth-order valence-corrected chi connectivity index (χ4v) is 12.0. The first-order valence-corrected chi connectivity index (χ1v) is 24.8. The molecule has 0 aliphatic carbocycles. The summed E-state index contributed by atoms with van der Waals surface area (Å²) in [5.74, 6) is 0.0427. The lowest BCUT2D eigenvalue weighted by molar-refractivity contribution is -0.955. The Balaban J connectivity index is 0.762. The molecule has 3 aromatic carbocycles. The van der Waals surface area contributed by atoms with Crippen LogP contribution in [0.5, 0.6) is 5.75 Å². The Labute approximate surface area is 393 Å². The topological polar surface area (TPSA) is 145 Å². The Morgan fingerprint density at radius 1 is 0.848 bits per heavy atom. The molecular formula is C52H59N4O8S2+. The van der Waals surface area contributed by atoms with Gasteiger partial charge >= 0.3 is 5.97 Å². The minimum absolute atomic E-state index is 0.121. The number of aliphatic hydroxyl groups excluding tert-OH is 1. The van der Waals surface area contributed by atoms with E-state index < -0.39 is 17.7 Å². The Morgan fingerprint density at radius 3 is 2.17 bits per heavy atom. The second-order valence-corrected chi connectivity index (χ2v) is 20.2. The fourth-order valence-electron chi connectivity index (χ4n) is 10.3. The molecule has 3 fully saturated rings. The van der Waals surface area contributed by atoms with Gasteiger partial charge in [0, 0.05) is 50.9 Å². The SMILES string of the molecule is CN(CC[N+]1(C)C2CC(OC(=O)C(O)(c3cccs3)c3cccs3)CC1C1OC12)C(=O)CCCCCN(Cc1ccccc1)C[C@H](O)c1ccc(OCc2ccccc2)c2[nH]c(=O)ccc12. The van der Waals surface area contributed by atoms with E-state index in [1.54, 1.807) is 18.2 Å². The Morgan fingerprint density at radius 2 is 1.52 bits per heavy atom. The molecule has 3 aromatic heterocycles. The number of benzene rings is 3. The maximum absolute atomic E-state index is 13.8. The van der Waals surface area contributed by atoms with Gasteiger partial charge in [-0.2, -0.15) is 0 Å². The van der Waals surface area contributed by atoms with Crippen molar-refractivity contribution in [3.05, 3.63) is 157 Å². The average Bonchev–Trinajstić information content (AvgIpc) is 3.59. The van der Waals surface area contributed by atoms with Crippen LogP contribution in [0.25, 0.3) is 10.9 Å². The predicted molar refractivity (Wildman–Crippen MR) is 256 cm³/mol. The summed E-state index contributed by atoms with van der Waals surface area (Å²) in [6, 6.07) is 34.5. The number of morpholine rings is 1. The summed E-state index contributed by atoms with van der Waals surface area (Å²) in [7, 11) is 4.15. The third-order valence-corrected chi connectivity index (χ3v) is 16.0. The Hall–Kier alpha value is -5.19. The molecular weight excluding hydrogens is 873 g/mol. The summed E-state index contributed by atoms with van der Waals surface area (Å²) in [6.45, 7) is 3.54. The van der Waals surface area contributed by atoms with Crippen molar-refractivity contribution in [2.75, 3.05) is 40.3 Å². The van der Waals surface area contributed by atoms with Crippen molar-refractivity contribution in [3.63, 3.8) is 0 Å². The molecule has 3 saturated heterocycles. The number of quaternary nitrogens is 1. The number of H-pyrrole nitrogens is 1. The van der Waals surface area contributed by atoms with Crippen LogP contribution in [0, 0.1) is 0 Å². The van der Waals surface area contributed by atoms with Gasteiger partial charge in [-0.3, -0.25) is 14.5 Å². The van der Waals surface area contributed by atoms with Crippen LogP contribution in [0.15, 0.2) is 125 Å². The van der Waals surface area contributed by atoms with E-state index in [-0.39, 0.29) is 41.9 Å². The number of carbonyl (C=O) groups excluding carboxylic acids is 2. The lowest BCUT2D eigenvalue weighted by atomic mass is 9.94. The smallest absolute Gasteiger partial charge is 0.349 e. The van der Waals surface area contributed by atoms with Gasteiger partial charge in [0.25, 0.3) is 0 Å². The number of thiophene rings is 2. The summed E-state index contributed by atoms with van der Waals surface area (Å²) in [6.07, 6.45) is 3.34. The molecule has 3 aliphatic rings. The summed E-state index contributed by atoms with van der Waals surface area (Å²) in [5.41, 5.74) is 1.36. The molecule has 1 amide bonds. The molecule has 9 rings (SSSR count). The van der Waals surface area contributed by atoms with Crippen LogP contribution in [0.1, 0.15) is 71.1 Å². The monoisotopic (exact) mass is 931 g/mol. The Kier molecular flexibility index (Phi) is 13.9. The third-order valence-electron chi connectivity index (χ3n) is 14.0. The minimum Gasteiger partial charge on any atom is -0.487 e. The van der Waals surface area contributed by atoms with E-state index in [9.17, 15) is 24.6 Å².